The molecule has 0 radical (unpaired) electrons. The first-order valence-electron chi connectivity index (χ1n) is 15.2. The fourth-order valence-electron chi connectivity index (χ4n) is 5.18. The minimum absolute atomic E-state index is 0.0153. The SMILES string of the molecule is O=C(CC1CC=CCC(Cc2ccccc2)C(=O)OCC(CSCc2ccccc2)NC1=O)NC(CO)Cc1ccccc1. The smallest absolute Gasteiger partial charge is 0.309 e. The third kappa shape index (κ3) is 11.3. The van der Waals surface area contributed by atoms with Crippen LogP contribution in [0.1, 0.15) is 36.0 Å². The molecule has 3 N–H and O–H groups in total. The van der Waals surface area contributed by atoms with Crippen LogP contribution in [0.5, 0.6) is 0 Å². The first-order chi connectivity index (χ1) is 21.5. The van der Waals surface area contributed by atoms with Crippen LogP contribution in [-0.4, -0.2) is 53.9 Å². The highest BCUT2D eigenvalue weighted by Gasteiger charge is 2.27. The number of hydrogen-bond acceptors (Lipinski definition) is 6. The number of ether oxygens (including phenoxy) is 1. The Hall–Kier alpha value is -3.88. The van der Waals surface area contributed by atoms with E-state index in [0.717, 1.165) is 16.9 Å². The minimum atomic E-state index is -0.605. The highest BCUT2D eigenvalue weighted by molar-refractivity contribution is 7.98. The van der Waals surface area contributed by atoms with Crippen molar-refractivity contribution in [3.63, 3.8) is 0 Å². The fraction of sp³-hybridized carbons (Fsp3) is 0.361. The molecular formula is C36H42N2O5S. The Bertz CT molecular complexity index is 1340. The Kier molecular flexibility index (Phi) is 13.5. The van der Waals surface area contributed by atoms with E-state index in [2.05, 4.69) is 22.8 Å². The van der Waals surface area contributed by atoms with Crippen molar-refractivity contribution >= 4 is 29.5 Å². The third-order valence-corrected chi connectivity index (χ3v) is 8.76. The molecule has 44 heavy (non-hydrogen) atoms. The summed E-state index contributed by atoms with van der Waals surface area (Å²) in [5.41, 5.74) is 3.24. The van der Waals surface area contributed by atoms with E-state index in [-0.39, 0.29) is 43.3 Å². The van der Waals surface area contributed by atoms with Crippen LogP contribution in [-0.2, 0) is 37.7 Å². The maximum atomic E-state index is 13.5. The van der Waals surface area contributed by atoms with E-state index in [0.29, 0.717) is 31.4 Å². The first-order valence-corrected chi connectivity index (χ1v) is 16.4. The minimum Gasteiger partial charge on any atom is -0.463 e. The Morgan fingerprint density at radius 3 is 2.09 bits per heavy atom. The number of thioether (sulfide) groups is 1. The molecule has 1 aliphatic heterocycles. The molecule has 4 atom stereocenters. The van der Waals surface area contributed by atoms with E-state index in [9.17, 15) is 19.5 Å². The van der Waals surface area contributed by atoms with Crippen LogP contribution in [0.4, 0.5) is 0 Å². The zero-order valence-electron chi connectivity index (χ0n) is 25.0. The molecule has 8 heteroatoms. The normalized spacial score (nSPS) is 20.0. The molecule has 0 bridgehead atoms. The van der Waals surface area contributed by atoms with Gasteiger partial charge in [0.15, 0.2) is 0 Å². The maximum Gasteiger partial charge on any atom is 0.309 e. The lowest BCUT2D eigenvalue weighted by Crippen LogP contribution is -2.46. The molecule has 0 saturated carbocycles. The summed E-state index contributed by atoms with van der Waals surface area (Å²) in [5.74, 6) is -0.472. The second-order valence-electron chi connectivity index (χ2n) is 11.2. The van der Waals surface area contributed by atoms with E-state index in [4.69, 9.17) is 4.74 Å². The Labute approximate surface area is 264 Å². The number of nitrogens with one attached hydrogen (secondary N) is 2. The molecule has 1 aliphatic rings. The average Bonchev–Trinajstić information content (AvgIpc) is 3.04. The van der Waals surface area contributed by atoms with Gasteiger partial charge in [-0.05, 0) is 42.4 Å². The highest BCUT2D eigenvalue weighted by atomic mass is 32.2. The summed E-state index contributed by atoms with van der Waals surface area (Å²) in [4.78, 5) is 39.8. The quantitative estimate of drug-likeness (QED) is 0.198. The first kappa shape index (κ1) is 33.0. The van der Waals surface area contributed by atoms with Gasteiger partial charge < -0.3 is 20.5 Å². The number of aliphatic hydroxyl groups is 1. The van der Waals surface area contributed by atoms with Crippen molar-refractivity contribution in [3.8, 4) is 0 Å². The van der Waals surface area contributed by atoms with Crippen molar-refractivity contribution in [2.75, 3.05) is 19.0 Å². The second kappa shape index (κ2) is 18.0. The van der Waals surface area contributed by atoms with E-state index >= 15 is 0 Å². The molecule has 3 aromatic carbocycles. The lowest BCUT2D eigenvalue weighted by atomic mass is 9.94. The summed E-state index contributed by atoms with van der Waals surface area (Å²) >= 11 is 1.66. The summed E-state index contributed by atoms with van der Waals surface area (Å²) in [6.45, 7) is -0.143. The molecule has 0 saturated heterocycles. The van der Waals surface area contributed by atoms with Gasteiger partial charge in [0.1, 0.15) is 6.61 Å². The van der Waals surface area contributed by atoms with Crippen molar-refractivity contribution in [2.45, 2.75) is 49.9 Å². The topological polar surface area (TPSA) is 105 Å². The Balaban J connectivity index is 1.44. The molecule has 4 unspecified atom stereocenters. The van der Waals surface area contributed by atoms with Crippen LogP contribution in [0.25, 0.3) is 0 Å². The molecule has 2 amide bonds. The number of esters is 1. The van der Waals surface area contributed by atoms with Crippen molar-refractivity contribution in [3.05, 3.63) is 120 Å². The van der Waals surface area contributed by atoms with Crippen molar-refractivity contribution in [1.29, 1.82) is 0 Å². The van der Waals surface area contributed by atoms with Crippen molar-refractivity contribution < 1.29 is 24.2 Å². The molecule has 232 valence electrons. The molecule has 3 aromatic rings. The monoisotopic (exact) mass is 614 g/mol. The van der Waals surface area contributed by atoms with Crippen LogP contribution in [0.2, 0.25) is 0 Å². The van der Waals surface area contributed by atoms with Gasteiger partial charge in [-0.3, -0.25) is 14.4 Å². The number of carbonyl (C=O) groups excluding carboxylic acids is 3. The molecule has 0 fully saturated rings. The third-order valence-electron chi connectivity index (χ3n) is 7.58. The molecule has 0 aliphatic carbocycles. The molecule has 7 nitrogen and oxygen atoms in total. The summed E-state index contributed by atoms with van der Waals surface area (Å²) in [6.07, 6.45) is 5.67. The molecule has 0 aromatic heterocycles. The fourth-order valence-corrected chi connectivity index (χ4v) is 6.19. The van der Waals surface area contributed by atoms with Crippen LogP contribution >= 0.6 is 11.8 Å². The van der Waals surface area contributed by atoms with Gasteiger partial charge in [0.25, 0.3) is 0 Å². The van der Waals surface area contributed by atoms with Gasteiger partial charge in [0, 0.05) is 17.9 Å². The molecule has 0 spiro atoms. The Morgan fingerprint density at radius 1 is 0.864 bits per heavy atom. The lowest BCUT2D eigenvalue weighted by molar-refractivity contribution is -0.149. The molecule has 1 heterocycles. The number of hydrogen-bond donors (Lipinski definition) is 3. The van der Waals surface area contributed by atoms with E-state index in [1.165, 1.54) is 5.56 Å². The number of carbonyl (C=O) groups is 3. The number of rotatable bonds is 12. The van der Waals surface area contributed by atoms with Gasteiger partial charge in [-0.1, -0.05) is 103 Å². The predicted molar refractivity (Wildman–Crippen MR) is 175 cm³/mol. The van der Waals surface area contributed by atoms with E-state index in [1.807, 2.05) is 91.0 Å². The second-order valence-corrected chi connectivity index (χ2v) is 12.2. The molecular weight excluding hydrogens is 572 g/mol. The Morgan fingerprint density at radius 2 is 1.45 bits per heavy atom. The summed E-state index contributed by atoms with van der Waals surface area (Å²) in [7, 11) is 0. The summed E-state index contributed by atoms with van der Waals surface area (Å²) in [5, 5.41) is 15.9. The lowest BCUT2D eigenvalue weighted by Gasteiger charge is -2.24. The van der Waals surface area contributed by atoms with Gasteiger partial charge in [0.2, 0.25) is 11.8 Å². The number of allylic oxidation sites excluding steroid dienone is 2. The number of aliphatic hydroxyl groups excluding tert-OH is 1. The van der Waals surface area contributed by atoms with E-state index < -0.39 is 18.0 Å². The predicted octanol–water partition coefficient (Wildman–Crippen LogP) is 4.88. The number of benzene rings is 3. The molecule has 4 rings (SSSR count). The van der Waals surface area contributed by atoms with Gasteiger partial charge >= 0.3 is 5.97 Å². The van der Waals surface area contributed by atoms with Crippen molar-refractivity contribution in [1.82, 2.24) is 10.6 Å². The van der Waals surface area contributed by atoms with Gasteiger partial charge in [-0.25, -0.2) is 0 Å². The van der Waals surface area contributed by atoms with Crippen LogP contribution in [0, 0.1) is 11.8 Å². The van der Waals surface area contributed by atoms with Gasteiger partial charge in [-0.15, -0.1) is 0 Å². The van der Waals surface area contributed by atoms with E-state index in [1.54, 1.807) is 11.8 Å². The van der Waals surface area contributed by atoms with Crippen molar-refractivity contribution in [2.24, 2.45) is 11.8 Å². The van der Waals surface area contributed by atoms with Crippen LogP contribution in [0.3, 0.4) is 0 Å². The van der Waals surface area contributed by atoms with Crippen LogP contribution < -0.4 is 10.6 Å². The van der Waals surface area contributed by atoms with Gasteiger partial charge in [0.05, 0.1) is 30.5 Å². The number of amides is 2. The average molecular weight is 615 g/mol. The summed E-state index contributed by atoms with van der Waals surface area (Å²) < 4.78 is 5.80. The van der Waals surface area contributed by atoms with Gasteiger partial charge in [-0.2, -0.15) is 11.8 Å². The van der Waals surface area contributed by atoms with Crippen LogP contribution in [0.15, 0.2) is 103 Å². The summed E-state index contributed by atoms with van der Waals surface area (Å²) in [6, 6.07) is 28.7. The number of cyclic esters (lactones) is 1. The standard InChI is InChI=1S/C36H42N2O5S/c39-23-32(21-28-14-6-2-7-15-28)37-34(40)22-30-18-10-11-19-31(20-27-12-4-1-5-13-27)36(42)43-24-33(38-35(30)41)26-44-25-29-16-8-3-9-17-29/h1-17,30-33,39H,18-26H2,(H,37,40)(H,38,41). The largest absolute Gasteiger partial charge is 0.463 e. The maximum absolute atomic E-state index is 13.5. The highest BCUT2D eigenvalue weighted by Crippen LogP contribution is 2.20. The zero-order chi connectivity index (χ0) is 31.0. The zero-order valence-corrected chi connectivity index (χ0v) is 25.8.